The molecule has 0 fully saturated rings. The number of carbonyl (C=O) groups excluding carboxylic acids is 1. The van der Waals surface area contributed by atoms with Crippen molar-refractivity contribution in [3.63, 3.8) is 0 Å². The third kappa shape index (κ3) is 6.81. The molecule has 184 valence electrons. The van der Waals surface area contributed by atoms with Crippen molar-refractivity contribution in [3.05, 3.63) is 86.9 Å². The van der Waals surface area contributed by atoms with E-state index in [9.17, 15) is 9.59 Å². The summed E-state index contributed by atoms with van der Waals surface area (Å²) in [6.07, 6.45) is 3.29. The lowest BCUT2D eigenvalue weighted by atomic mass is 9.88. The second kappa shape index (κ2) is 12.9. The number of pyridine rings is 1. The Labute approximate surface area is 209 Å². The quantitative estimate of drug-likeness (QED) is 0.241. The summed E-state index contributed by atoms with van der Waals surface area (Å²) < 4.78 is 9.43. The highest BCUT2D eigenvalue weighted by atomic mass is 35.5. The average Bonchev–Trinajstić information content (AvgIpc) is 3.25. The minimum Gasteiger partial charge on any atom is -0.468 e. The first-order chi connectivity index (χ1) is 17.0. The van der Waals surface area contributed by atoms with Crippen molar-refractivity contribution >= 4 is 29.1 Å². The molecule has 4 aromatic rings. The van der Waals surface area contributed by atoms with Gasteiger partial charge in [0.2, 0.25) is 0 Å². The third-order valence-corrected chi connectivity index (χ3v) is 5.81. The maximum atomic E-state index is 12.4. The molecule has 0 radical (unpaired) electrons. The van der Waals surface area contributed by atoms with Crippen LogP contribution in [-0.2, 0) is 16.0 Å². The number of rotatable bonds is 9. The number of ether oxygens (including phenoxy) is 1. The summed E-state index contributed by atoms with van der Waals surface area (Å²) >= 11 is 6.02. The summed E-state index contributed by atoms with van der Waals surface area (Å²) in [7, 11) is 1.86. The lowest BCUT2D eigenvalue weighted by molar-refractivity contribution is -0.128. The number of aromatic amines is 1. The normalized spacial score (nSPS) is 10.8. The van der Waals surface area contributed by atoms with Gasteiger partial charge in [0, 0.05) is 16.8 Å². The molecule has 7 nitrogen and oxygen atoms in total. The molecular formula is C27H30ClN3O4. The molecule has 0 spiro atoms. The van der Waals surface area contributed by atoms with E-state index in [1.54, 1.807) is 0 Å². The van der Waals surface area contributed by atoms with Gasteiger partial charge in [-0.25, -0.2) is 9.78 Å². The smallest absolute Gasteiger partial charge is 0.367 e. The molecule has 0 saturated heterocycles. The number of benzene rings is 2. The van der Waals surface area contributed by atoms with Crippen LogP contribution in [0.3, 0.4) is 0 Å². The fourth-order valence-corrected chi connectivity index (χ4v) is 3.97. The summed E-state index contributed by atoms with van der Waals surface area (Å²) in [6.45, 7) is 6.20. The van der Waals surface area contributed by atoms with E-state index in [1.165, 1.54) is 5.56 Å². The third-order valence-electron chi connectivity index (χ3n) is 5.56. The van der Waals surface area contributed by atoms with Gasteiger partial charge in [-0.15, -0.1) is 0 Å². The first-order valence-corrected chi connectivity index (χ1v) is 11.9. The second-order valence-electron chi connectivity index (χ2n) is 8.33. The van der Waals surface area contributed by atoms with Crippen molar-refractivity contribution in [2.45, 2.75) is 32.6 Å². The van der Waals surface area contributed by atoms with Gasteiger partial charge in [-0.05, 0) is 66.7 Å². The molecule has 0 aliphatic rings. The fraction of sp³-hybridized carbons (Fsp3) is 0.296. The number of hydrogen-bond donors (Lipinski definition) is 2. The van der Waals surface area contributed by atoms with Crippen LogP contribution in [0.5, 0.6) is 0 Å². The molecule has 8 heteroatoms. The predicted molar refractivity (Wildman–Crippen MR) is 139 cm³/mol. The van der Waals surface area contributed by atoms with E-state index in [0.29, 0.717) is 41.5 Å². The van der Waals surface area contributed by atoms with Crippen molar-refractivity contribution in [3.8, 4) is 11.1 Å². The molecule has 0 unspecified atom stereocenters. The van der Waals surface area contributed by atoms with Crippen molar-refractivity contribution in [2.24, 2.45) is 0 Å². The molecule has 2 N–H and O–H groups in total. The van der Waals surface area contributed by atoms with Crippen LogP contribution in [-0.4, -0.2) is 36.8 Å². The van der Waals surface area contributed by atoms with Crippen molar-refractivity contribution < 1.29 is 14.1 Å². The van der Waals surface area contributed by atoms with Crippen LogP contribution in [0.2, 0.25) is 5.02 Å². The zero-order valence-electron chi connectivity index (χ0n) is 20.1. The standard InChI is InChI=1S/C22H19ClN2O2.C5H11NO2/c1-13(2)16-5-3-4-6-17(16)19-12-24-21-20(22(26)27-25-21)18(19)11-14-7-9-15(23)10-8-14;1-6-3-2-4-8-5-7/h3-10,12-13H,11H2,1-2H3,(H,24,25);5-6H,2-4H2,1H3. The predicted octanol–water partition coefficient (Wildman–Crippen LogP) is 5.32. The summed E-state index contributed by atoms with van der Waals surface area (Å²) in [5.41, 5.74) is 5.30. The van der Waals surface area contributed by atoms with E-state index in [0.717, 1.165) is 35.2 Å². The monoisotopic (exact) mass is 495 g/mol. The zero-order chi connectivity index (χ0) is 25.2. The molecule has 2 aromatic carbocycles. The van der Waals surface area contributed by atoms with Crippen LogP contribution >= 0.6 is 11.6 Å². The van der Waals surface area contributed by atoms with Crippen LogP contribution in [0.25, 0.3) is 22.2 Å². The first-order valence-electron chi connectivity index (χ1n) is 11.5. The number of halogens is 1. The van der Waals surface area contributed by atoms with Crippen LogP contribution in [0.15, 0.2) is 64.0 Å². The Bertz CT molecular complexity index is 1300. The van der Waals surface area contributed by atoms with E-state index in [4.69, 9.17) is 16.1 Å². The van der Waals surface area contributed by atoms with Gasteiger partial charge in [-0.3, -0.25) is 4.79 Å². The SMILES string of the molecule is CC(C)c1ccccc1-c1cnc2[nH]oc(=O)c2c1Cc1ccc(Cl)cc1.CNCCCOC=O. The number of fused-ring (bicyclic) bond motifs is 1. The summed E-state index contributed by atoms with van der Waals surface area (Å²) in [5.74, 6) is 0.350. The molecule has 4 rings (SSSR count). The number of H-pyrrole nitrogens is 1. The van der Waals surface area contributed by atoms with Crippen molar-refractivity contribution in [1.82, 2.24) is 15.5 Å². The van der Waals surface area contributed by atoms with Crippen molar-refractivity contribution in [2.75, 3.05) is 20.2 Å². The summed E-state index contributed by atoms with van der Waals surface area (Å²) in [4.78, 5) is 26.3. The largest absolute Gasteiger partial charge is 0.468 e. The topological polar surface area (TPSA) is 97.2 Å². The van der Waals surface area contributed by atoms with Gasteiger partial charge in [-0.2, -0.15) is 5.16 Å². The Hall–Kier alpha value is -3.42. The van der Waals surface area contributed by atoms with Crippen LogP contribution in [0.1, 0.15) is 42.9 Å². The van der Waals surface area contributed by atoms with Gasteiger partial charge in [0.15, 0.2) is 5.65 Å². The Morgan fingerprint density at radius 3 is 2.57 bits per heavy atom. The lowest BCUT2D eigenvalue weighted by Gasteiger charge is -2.16. The van der Waals surface area contributed by atoms with E-state index < -0.39 is 5.63 Å². The number of nitrogens with one attached hydrogen (secondary N) is 2. The molecule has 0 amide bonds. The van der Waals surface area contributed by atoms with Gasteiger partial charge in [-0.1, -0.05) is 61.8 Å². The number of aromatic nitrogens is 2. The molecule has 2 heterocycles. The van der Waals surface area contributed by atoms with Crippen LogP contribution < -0.4 is 10.9 Å². The van der Waals surface area contributed by atoms with E-state index in [1.807, 2.05) is 49.6 Å². The fourth-order valence-electron chi connectivity index (χ4n) is 3.84. The minimum absolute atomic E-state index is 0.350. The molecule has 0 bridgehead atoms. The number of hydrogen-bond acceptors (Lipinski definition) is 6. The highest BCUT2D eigenvalue weighted by Gasteiger charge is 2.19. The number of carbonyl (C=O) groups is 1. The molecule has 35 heavy (non-hydrogen) atoms. The summed E-state index contributed by atoms with van der Waals surface area (Å²) in [5, 5.41) is 6.74. The first kappa shape index (κ1) is 26.2. The van der Waals surface area contributed by atoms with E-state index in [2.05, 4.69) is 46.2 Å². The summed E-state index contributed by atoms with van der Waals surface area (Å²) in [6, 6.07) is 15.9. The van der Waals surface area contributed by atoms with Gasteiger partial charge < -0.3 is 14.6 Å². The molecule has 0 atom stereocenters. The maximum Gasteiger partial charge on any atom is 0.367 e. The Morgan fingerprint density at radius 2 is 1.89 bits per heavy atom. The van der Waals surface area contributed by atoms with Crippen molar-refractivity contribution in [1.29, 1.82) is 0 Å². The molecule has 2 aromatic heterocycles. The van der Waals surface area contributed by atoms with Crippen LogP contribution in [0, 0.1) is 0 Å². The van der Waals surface area contributed by atoms with Gasteiger partial charge in [0.05, 0.1) is 6.61 Å². The molecular weight excluding hydrogens is 466 g/mol. The zero-order valence-corrected chi connectivity index (χ0v) is 20.9. The highest BCUT2D eigenvalue weighted by molar-refractivity contribution is 6.30. The number of nitrogens with zero attached hydrogens (tertiary/aromatic N) is 1. The average molecular weight is 496 g/mol. The van der Waals surface area contributed by atoms with Gasteiger partial charge in [0.25, 0.3) is 6.47 Å². The molecule has 0 aliphatic heterocycles. The minimum atomic E-state index is -0.398. The lowest BCUT2D eigenvalue weighted by Crippen LogP contribution is -2.09. The highest BCUT2D eigenvalue weighted by Crippen LogP contribution is 2.34. The van der Waals surface area contributed by atoms with E-state index >= 15 is 0 Å². The Morgan fingerprint density at radius 1 is 1.14 bits per heavy atom. The van der Waals surface area contributed by atoms with E-state index in [-0.39, 0.29) is 0 Å². The Balaban J connectivity index is 0.000000371. The maximum absolute atomic E-state index is 12.4. The van der Waals surface area contributed by atoms with Gasteiger partial charge in [0.1, 0.15) is 5.39 Å². The molecule has 0 saturated carbocycles. The Kier molecular flexibility index (Phi) is 9.64. The van der Waals surface area contributed by atoms with Crippen LogP contribution in [0.4, 0.5) is 0 Å². The molecule has 0 aliphatic carbocycles. The van der Waals surface area contributed by atoms with Gasteiger partial charge >= 0.3 is 5.63 Å². The second-order valence-corrected chi connectivity index (χ2v) is 8.77.